The number of hydrogen-bond acceptors (Lipinski definition) is 4. The number of primary sulfonamides is 1. The molecule has 0 fully saturated rings. The number of hydrogen-bond donors (Lipinski definition) is 2. The highest BCUT2D eigenvalue weighted by molar-refractivity contribution is 7.98. The molecule has 0 aliphatic carbocycles. The number of nitrogens with two attached hydrogens (primary N) is 1. The van der Waals surface area contributed by atoms with Crippen LogP contribution in [0.25, 0.3) is 0 Å². The van der Waals surface area contributed by atoms with Gasteiger partial charge in [-0.3, -0.25) is 4.79 Å². The summed E-state index contributed by atoms with van der Waals surface area (Å²) in [6, 6.07) is 10.2. The molecule has 5 nitrogen and oxygen atoms in total. The van der Waals surface area contributed by atoms with Crippen LogP contribution in [0.15, 0.2) is 47.4 Å². The van der Waals surface area contributed by atoms with Gasteiger partial charge in [-0.05, 0) is 29.8 Å². The van der Waals surface area contributed by atoms with Gasteiger partial charge in [0.2, 0.25) is 10.0 Å². The molecule has 0 unspecified atom stereocenters. The van der Waals surface area contributed by atoms with Crippen molar-refractivity contribution in [2.45, 2.75) is 10.6 Å². The smallest absolute Gasteiger partial charge is 0.252 e. The summed E-state index contributed by atoms with van der Waals surface area (Å²) >= 11 is 7.40. The molecule has 9 heteroatoms. The van der Waals surface area contributed by atoms with Gasteiger partial charge in [-0.15, -0.1) is 0 Å². The zero-order chi connectivity index (χ0) is 18.4. The lowest BCUT2D eigenvalue weighted by Gasteiger charge is -2.08. The van der Waals surface area contributed by atoms with Crippen LogP contribution < -0.4 is 10.5 Å². The largest absolute Gasteiger partial charge is 0.351 e. The van der Waals surface area contributed by atoms with E-state index in [2.05, 4.69) is 5.32 Å². The zero-order valence-electron chi connectivity index (χ0n) is 13.0. The van der Waals surface area contributed by atoms with Gasteiger partial charge in [-0.25, -0.2) is 17.9 Å². The molecule has 25 heavy (non-hydrogen) atoms. The molecule has 0 atom stereocenters. The maximum atomic E-state index is 13.5. The minimum Gasteiger partial charge on any atom is -0.351 e. The number of carbonyl (C=O) groups excluding carboxylic acids is 1. The fourth-order valence-electron chi connectivity index (χ4n) is 1.98. The van der Waals surface area contributed by atoms with Crippen molar-refractivity contribution >= 4 is 39.3 Å². The summed E-state index contributed by atoms with van der Waals surface area (Å²) in [5.74, 6) is 0.296. The van der Waals surface area contributed by atoms with Crippen molar-refractivity contribution in [3.05, 3.63) is 64.4 Å². The number of nitrogens with one attached hydrogen (secondary N) is 1. The summed E-state index contributed by atoms with van der Waals surface area (Å²) in [6.45, 7) is 0.327. The standard InChI is InChI=1S/C16H16ClFN2O3S2/c17-14-6-5-12(25(19,22)23)9-13(14)16(21)20-7-8-24-10-11-3-1-2-4-15(11)18/h1-6,9H,7-8,10H2,(H,20,21)(H2,19,22,23). The summed E-state index contributed by atoms with van der Waals surface area (Å²) in [5.41, 5.74) is 0.634. The van der Waals surface area contributed by atoms with E-state index in [-0.39, 0.29) is 21.3 Å². The molecule has 0 aliphatic rings. The Kier molecular flexibility index (Phi) is 6.83. The summed E-state index contributed by atoms with van der Waals surface area (Å²) < 4.78 is 36.2. The van der Waals surface area contributed by atoms with Crippen molar-refractivity contribution in [3.63, 3.8) is 0 Å². The molecule has 0 radical (unpaired) electrons. The van der Waals surface area contributed by atoms with Crippen molar-refractivity contribution in [1.29, 1.82) is 0 Å². The van der Waals surface area contributed by atoms with Gasteiger partial charge in [-0.2, -0.15) is 11.8 Å². The molecule has 2 rings (SSSR count). The third-order valence-corrected chi connectivity index (χ3v) is 5.51. The molecule has 0 heterocycles. The van der Waals surface area contributed by atoms with Crippen molar-refractivity contribution < 1.29 is 17.6 Å². The number of halogens is 2. The van der Waals surface area contributed by atoms with Crippen LogP contribution in [0.3, 0.4) is 0 Å². The van der Waals surface area contributed by atoms with Gasteiger partial charge in [0.1, 0.15) is 5.82 Å². The Bertz CT molecular complexity index is 875. The predicted octanol–water partition coefficient (Wildman–Crippen LogP) is 2.79. The van der Waals surface area contributed by atoms with E-state index in [0.717, 1.165) is 6.07 Å². The molecule has 3 N–H and O–H groups in total. The quantitative estimate of drug-likeness (QED) is 0.697. The topological polar surface area (TPSA) is 89.3 Å². The third kappa shape index (κ3) is 5.71. The van der Waals surface area contributed by atoms with Gasteiger partial charge in [0.25, 0.3) is 5.91 Å². The van der Waals surface area contributed by atoms with E-state index in [4.69, 9.17) is 16.7 Å². The van der Waals surface area contributed by atoms with Crippen LogP contribution in [0, 0.1) is 5.82 Å². The van der Waals surface area contributed by atoms with E-state index in [1.807, 2.05) is 0 Å². The number of amides is 1. The van der Waals surface area contributed by atoms with Crippen molar-refractivity contribution in [1.82, 2.24) is 5.32 Å². The van der Waals surface area contributed by atoms with Gasteiger partial charge < -0.3 is 5.32 Å². The first-order valence-corrected chi connectivity index (χ1v) is 10.3. The predicted molar refractivity (Wildman–Crippen MR) is 97.7 cm³/mol. The van der Waals surface area contributed by atoms with Gasteiger partial charge >= 0.3 is 0 Å². The fraction of sp³-hybridized carbons (Fsp3) is 0.188. The van der Waals surface area contributed by atoms with E-state index in [9.17, 15) is 17.6 Å². The second-order valence-corrected chi connectivity index (χ2v) is 8.16. The first-order chi connectivity index (χ1) is 11.8. The maximum Gasteiger partial charge on any atom is 0.252 e. The lowest BCUT2D eigenvalue weighted by Crippen LogP contribution is -2.26. The molecule has 0 saturated carbocycles. The highest BCUT2D eigenvalue weighted by Crippen LogP contribution is 2.20. The average molecular weight is 403 g/mol. The van der Waals surface area contributed by atoms with Crippen LogP contribution in [0.4, 0.5) is 4.39 Å². The van der Waals surface area contributed by atoms with Crippen LogP contribution in [0.1, 0.15) is 15.9 Å². The van der Waals surface area contributed by atoms with Crippen LogP contribution >= 0.6 is 23.4 Å². The Hall–Kier alpha value is -1.61. The number of benzene rings is 2. The van der Waals surface area contributed by atoms with E-state index in [1.54, 1.807) is 18.2 Å². The average Bonchev–Trinajstić information content (AvgIpc) is 2.55. The Morgan fingerprint density at radius 1 is 1.24 bits per heavy atom. The third-order valence-electron chi connectivity index (χ3n) is 3.26. The Morgan fingerprint density at radius 2 is 1.96 bits per heavy atom. The summed E-state index contributed by atoms with van der Waals surface area (Å²) in [5, 5.41) is 7.82. The molecule has 134 valence electrons. The van der Waals surface area contributed by atoms with E-state index < -0.39 is 15.9 Å². The zero-order valence-corrected chi connectivity index (χ0v) is 15.4. The summed E-state index contributed by atoms with van der Waals surface area (Å²) in [6.07, 6.45) is 0. The van der Waals surface area contributed by atoms with Crippen LogP contribution in [-0.2, 0) is 15.8 Å². The summed E-state index contributed by atoms with van der Waals surface area (Å²) in [4.78, 5) is 11.9. The highest BCUT2D eigenvalue weighted by atomic mass is 35.5. The van der Waals surface area contributed by atoms with Crippen LogP contribution in [0.5, 0.6) is 0 Å². The number of sulfonamides is 1. The van der Waals surface area contributed by atoms with Crippen molar-refractivity contribution in [3.8, 4) is 0 Å². The monoisotopic (exact) mass is 402 g/mol. The molecular weight excluding hydrogens is 387 g/mol. The molecule has 2 aromatic carbocycles. The molecule has 0 aliphatic heterocycles. The number of thioether (sulfide) groups is 1. The Balaban J connectivity index is 1.87. The molecule has 0 saturated heterocycles. The molecule has 0 spiro atoms. The Labute approximate surface area is 154 Å². The van der Waals surface area contributed by atoms with E-state index in [0.29, 0.717) is 23.6 Å². The maximum absolute atomic E-state index is 13.5. The van der Waals surface area contributed by atoms with Gasteiger partial charge in [0.05, 0.1) is 15.5 Å². The second-order valence-electron chi connectivity index (χ2n) is 5.09. The lowest BCUT2D eigenvalue weighted by molar-refractivity contribution is 0.0956. The molecule has 0 bridgehead atoms. The molecular formula is C16H16ClFN2O3S2. The minimum absolute atomic E-state index is 0.0345. The molecule has 1 amide bonds. The first-order valence-electron chi connectivity index (χ1n) is 7.21. The minimum atomic E-state index is -3.92. The summed E-state index contributed by atoms with van der Waals surface area (Å²) in [7, 11) is -3.92. The van der Waals surface area contributed by atoms with Crippen LogP contribution in [0.2, 0.25) is 5.02 Å². The number of rotatable bonds is 7. The highest BCUT2D eigenvalue weighted by Gasteiger charge is 2.15. The van der Waals surface area contributed by atoms with Gasteiger partial charge in [0.15, 0.2) is 0 Å². The van der Waals surface area contributed by atoms with Gasteiger partial charge in [-0.1, -0.05) is 29.8 Å². The normalized spacial score (nSPS) is 11.3. The first kappa shape index (κ1) is 19.7. The second kappa shape index (κ2) is 8.66. The SMILES string of the molecule is NS(=O)(=O)c1ccc(Cl)c(C(=O)NCCSCc2ccccc2F)c1. The van der Waals surface area contributed by atoms with Crippen molar-refractivity contribution in [2.75, 3.05) is 12.3 Å². The fourth-order valence-corrected chi connectivity index (χ4v) is 3.57. The van der Waals surface area contributed by atoms with Crippen molar-refractivity contribution in [2.24, 2.45) is 5.14 Å². The Morgan fingerprint density at radius 3 is 2.64 bits per heavy atom. The van der Waals surface area contributed by atoms with Gasteiger partial charge in [0, 0.05) is 18.1 Å². The van der Waals surface area contributed by atoms with E-state index in [1.165, 1.54) is 30.0 Å². The van der Waals surface area contributed by atoms with E-state index >= 15 is 0 Å². The molecule has 2 aromatic rings. The van der Waals surface area contributed by atoms with Crippen LogP contribution in [-0.4, -0.2) is 26.6 Å². The lowest BCUT2D eigenvalue weighted by atomic mass is 10.2. The number of carbonyl (C=O) groups is 1. The molecule has 0 aromatic heterocycles.